The van der Waals surface area contributed by atoms with Gasteiger partial charge in [-0.15, -0.1) is 0 Å². The average Bonchev–Trinajstić information content (AvgIpc) is 2.36. The highest BCUT2D eigenvalue weighted by Gasteiger charge is 2.38. The highest BCUT2D eigenvalue weighted by molar-refractivity contribution is 5.98. The van der Waals surface area contributed by atoms with Crippen molar-refractivity contribution in [2.45, 2.75) is 48.0 Å². The zero-order valence-corrected chi connectivity index (χ0v) is 14.5. The average molecular weight is 300 g/mol. The third-order valence-corrected chi connectivity index (χ3v) is 3.36. The number of nitrogens with one attached hydrogen (secondary N) is 1. The molecule has 5 nitrogen and oxygen atoms in total. The van der Waals surface area contributed by atoms with E-state index in [1.165, 1.54) is 0 Å². The summed E-state index contributed by atoms with van der Waals surface area (Å²) >= 11 is 0. The maximum atomic E-state index is 12.3. The van der Waals surface area contributed by atoms with Gasteiger partial charge in [-0.1, -0.05) is 34.6 Å². The lowest BCUT2D eigenvalue weighted by atomic mass is 9.80. The van der Waals surface area contributed by atoms with Crippen molar-refractivity contribution < 1.29 is 14.3 Å². The first-order chi connectivity index (χ1) is 9.77. The molecular formula is C16H32N2O3. The van der Waals surface area contributed by atoms with Crippen LogP contribution in [0.1, 0.15) is 48.0 Å². The van der Waals surface area contributed by atoms with E-state index in [1.54, 1.807) is 6.92 Å². The fraction of sp³-hybridized carbons (Fsp3) is 0.875. The zero-order valence-electron chi connectivity index (χ0n) is 14.5. The number of rotatable bonds is 9. The maximum Gasteiger partial charge on any atom is 0.319 e. The Morgan fingerprint density at radius 1 is 1.14 bits per heavy atom. The lowest BCUT2D eigenvalue weighted by molar-refractivity contribution is -0.156. The van der Waals surface area contributed by atoms with Crippen molar-refractivity contribution in [1.29, 1.82) is 0 Å². The van der Waals surface area contributed by atoms with Gasteiger partial charge in [0, 0.05) is 13.1 Å². The zero-order chi connectivity index (χ0) is 16.5. The molecule has 1 unspecified atom stereocenters. The summed E-state index contributed by atoms with van der Waals surface area (Å²) in [6.45, 7) is 15.3. The highest BCUT2D eigenvalue weighted by Crippen LogP contribution is 2.27. The van der Waals surface area contributed by atoms with Crippen LogP contribution in [0.15, 0.2) is 0 Å². The molecule has 0 spiro atoms. The molecule has 0 aliphatic carbocycles. The van der Waals surface area contributed by atoms with E-state index < -0.39 is 17.3 Å². The summed E-state index contributed by atoms with van der Waals surface area (Å²) in [6.07, 6.45) is 1.09. The second-order valence-electron chi connectivity index (χ2n) is 6.28. The first-order valence-corrected chi connectivity index (χ1v) is 7.94. The largest absolute Gasteiger partial charge is 0.465 e. The topological polar surface area (TPSA) is 58.6 Å². The summed E-state index contributed by atoms with van der Waals surface area (Å²) in [5.74, 6) is -1.45. The summed E-state index contributed by atoms with van der Waals surface area (Å²) in [5, 5.41) is 2.87. The van der Waals surface area contributed by atoms with Crippen molar-refractivity contribution in [2.24, 2.45) is 11.3 Å². The van der Waals surface area contributed by atoms with E-state index in [2.05, 4.69) is 24.1 Å². The molecule has 124 valence electrons. The van der Waals surface area contributed by atoms with Gasteiger partial charge in [-0.25, -0.2) is 0 Å². The molecule has 1 N–H and O–H groups in total. The molecule has 0 aromatic heterocycles. The van der Waals surface area contributed by atoms with Gasteiger partial charge in [-0.3, -0.25) is 9.59 Å². The van der Waals surface area contributed by atoms with Crippen molar-refractivity contribution in [1.82, 2.24) is 10.2 Å². The van der Waals surface area contributed by atoms with E-state index >= 15 is 0 Å². The molecule has 0 aromatic rings. The van der Waals surface area contributed by atoms with Crippen LogP contribution in [0.4, 0.5) is 0 Å². The van der Waals surface area contributed by atoms with E-state index in [4.69, 9.17) is 4.74 Å². The molecule has 0 fully saturated rings. The van der Waals surface area contributed by atoms with Crippen molar-refractivity contribution in [3.05, 3.63) is 0 Å². The van der Waals surface area contributed by atoms with Crippen LogP contribution in [0.3, 0.4) is 0 Å². The minimum Gasteiger partial charge on any atom is -0.465 e. The number of carbonyl (C=O) groups excluding carboxylic acids is 2. The molecule has 0 bridgehead atoms. The Hall–Kier alpha value is -1.10. The first-order valence-electron chi connectivity index (χ1n) is 7.94. The molecule has 1 amide bonds. The minimum atomic E-state index is -0.765. The lowest BCUT2D eigenvalue weighted by Gasteiger charge is -2.28. The van der Waals surface area contributed by atoms with Gasteiger partial charge in [-0.05, 0) is 31.8 Å². The Kier molecular flexibility index (Phi) is 9.26. The van der Waals surface area contributed by atoms with Crippen LogP contribution in [0, 0.1) is 11.3 Å². The Morgan fingerprint density at radius 2 is 1.76 bits per heavy atom. The molecule has 0 saturated carbocycles. The van der Waals surface area contributed by atoms with Gasteiger partial charge >= 0.3 is 5.97 Å². The summed E-state index contributed by atoms with van der Waals surface area (Å²) in [6, 6.07) is 0. The van der Waals surface area contributed by atoms with Gasteiger partial charge in [0.05, 0.1) is 6.61 Å². The van der Waals surface area contributed by atoms with Gasteiger partial charge in [0.25, 0.3) is 0 Å². The van der Waals surface area contributed by atoms with Crippen molar-refractivity contribution >= 4 is 11.9 Å². The fourth-order valence-corrected chi connectivity index (χ4v) is 2.26. The molecule has 0 rings (SSSR count). The Morgan fingerprint density at radius 3 is 2.19 bits per heavy atom. The van der Waals surface area contributed by atoms with E-state index in [9.17, 15) is 9.59 Å². The van der Waals surface area contributed by atoms with Gasteiger partial charge in [0.15, 0.2) is 0 Å². The fourth-order valence-electron chi connectivity index (χ4n) is 2.26. The van der Waals surface area contributed by atoms with Gasteiger partial charge in [0.2, 0.25) is 5.91 Å². The molecule has 21 heavy (non-hydrogen) atoms. The van der Waals surface area contributed by atoms with Gasteiger partial charge < -0.3 is 15.0 Å². The molecule has 0 saturated heterocycles. The predicted octanol–water partition coefficient (Wildman–Crippen LogP) is 2.06. The Balaban J connectivity index is 4.52. The van der Waals surface area contributed by atoms with Gasteiger partial charge in [-0.2, -0.15) is 0 Å². The number of esters is 1. The number of ether oxygens (including phenoxy) is 1. The van der Waals surface area contributed by atoms with Crippen molar-refractivity contribution in [3.8, 4) is 0 Å². The number of nitrogens with zero attached hydrogens (tertiary/aromatic N) is 1. The second kappa shape index (κ2) is 9.77. The molecule has 0 aliphatic heterocycles. The molecular weight excluding hydrogens is 268 g/mol. The SMILES string of the molecule is CCCN(CC)CCNC(=O)C(C(=O)OCC)C(C)(C)C. The maximum absolute atomic E-state index is 12.3. The number of hydrogen-bond acceptors (Lipinski definition) is 4. The summed E-state index contributed by atoms with van der Waals surface area (Å²) < 4.78 is 5.03. The van der Waals surface area contributed by atoms with Crippen molar-refractivity contribution in [2.75, 3.05) is 32.8 Å². The lowest BCUT2D eigenvalue weighted by Crippen LogP contribution is -2.45. The van der Waals surface area contributed by atoms with Crippen LogP contribution < -0.4 is 5.32 Å². The normalized spacial score (nSPS) is 13.1. The highest BCUT2D eigenvalue weighted by atomic mass is 16.5. The van der Waals surface area contributed by atoms with Crippen molar-refractivity contribution in [3.63, 3.8) is 0 Å². The number of likely N-dealkylation sites (N-methyl/N-ethyl adjacent to an activating group) is 1. The third-order valence-electron chi connectivity index (χ3n) is 3.36. The smallest absolute Gasteiger partial charge is 0.319 e. The predicted molar refractivity (Wildman–Crippen MR) is 85.0 cm³/mol. The quantitative estimate of drug-likeness (QED) is 0.523. The standard InChI is InChI=1S/C16H32N2O3/c1-7-11-18(8-2)12-10-17-14(19)13(16(4,5)6)15(20)21-9-3/h13H,7-12H2,1-6H3,(H,17,19). The van der Waals surface area contributed by atoms with E-state index in [1.807, 2.05) is 20.8 Å². The minimum absolute atomic E-state index is 0.242. The summed E-state index contributed by atoms with van der Waals surface area (Å²) in [7, 11) is 0. The second-order valence-corrected chi connectivity index (χ2v) is 6.28. The molecule has 1 atom stereocenters. The first kappa shape index (κ1) is 19.9. The van der Waals surface area contributed by atoms with Crippen LogP contribution in [0.5, 0.6) is 0 Å². The Bertz CT molecular complexity index is 324. The van der Waals surface area contributed by atoms with Crippen LogP contribution in [-0.4, -0.2) is 49.6 Å². The van der Waals surface area contributed by atoms with Crippen LogP contribution in [0.25, 0.3) is 0 Å². The third kappa shape index (κ3) is 7.46. The molecule has 0 aliphatic rings. The molecule has 0 radical (unpaired) electrons. The van der Waals surface area contributed by atoms with Crippen LogP contribution in [0.2, 0.25) is 0 Å². The van der Waals surface area contributed by atoms with E-state index in [0.29, 0.717) is 13.2 Å². The summed E-state index contributed by atoms with van der Waals surface area (Å²) in [4.78, 5) is 26.6. The molecule has 0 heterocycles. The van der Waals surface area contributed by atoms with E-state index in [0.717, 1.165) is 26.1 Å². The van der Waals surface area contributed by atoms with Crippen LogP contribution in [-0.2, 0) is 14.3 Å². The summed E-state index contributed by atoms with van der Waals surface area (Å²) in [5.41, 5.74) is -0.454. The molecule has 0 aromatic carbocycles. The van der Waals surface area contributed by atoms with E-state index in [-0.39, 0.29) is 5.91 Å². The number of carbonyl (C=O) groups is 2. The monoisotopic (exact) mass is 300 g/mol. The number of amides is 1. The number of hydrogen-bond donors (Lipinski definition) is 1. The Labute approximate surface area is 129 Å². The molecule has 5 heteroatoms. The van der Waals surface area contributed by atoms with Crippen LogP contribution >= 0.6 is 0 Å². The van der Waals surface area contributed by atoms with Gasteiger partial charge in [0.1, 0.15) is 5.92 Å².